The zero-order chi connectivity index (χ0) is 18.0. The van der Waals surface area contributed by atoms with Gasteiger partial charge in [0.15, 0.2) is 0 Å². The van der Waals surface area contributed by atoms with E-state index in [4.69, 9.17) is 4.98 Å². The minimum atomic E-state index is -0.343. The molecule has 2 aromatic heterocycles. The fraction of sp³-hybridized carbons (Fsp3) is 0.556. The number of aromatic amines is 1. The van der Waals surface area contributed by atoms with Gasteiger partial charge in [-0.15, -0.1) is 11.3 Å². The Kier molecular flexibility index (Phi) is 5.32. The molecule has 2 heterocycles. The number of thiazole rings is 1. The van der Waals surface area contributed by atoms with Crippen LogP contribution in [0.1, 0.15) is 64.8 Å². The lowest BCUT2D eigenvalue weighted by molar-refractivity contribution is -0.121. The summed E-state index contributed by atoms with van der Waals surface area (Å²) in [5.74, 6) is -0.00864. The Labute approximate surface area is 151 Å². The number of carbonyl (C=O) groups is 1. The molecule has 7 heteroatoms. The molecule has 134 valence electrons. The van der Waals surface area contributed by atoms with Gasteiger partial charge < -0.3 is 10.3 Å². The van der Waals surface area contributed by atoms with Crippen molar-refractivity contribution >= 4 is 17.2 Å². The number of amides is 1. The largest absolute Gasteiger partial charge is 0.347 e. The van der Waals surface area contributed by atoms with Crippen molar-refractivity contribution in [2.24, 2.45) is 0 Å². The van der Waals surface area contributed by atoms with Crippen molar-refractivity contribution in [2.75, 3.05) is 0 Å². The molecule has 0 bridgehead atoms. The number of hydrogen-bond acceptors (Lipinski definition) is 5. The molecule has 0 saturated carbocycles. The minimum absolute atomic E-state index is 0.00864. The molecule has 0 unspecified atom stereocenters. The van der Waals surface area contributed by atoms with Crippen LogP contribution in [0.15, 0.2) is 4.79 Å². The first-order valence-corrected chi connectivity index (χ1v) is 9.60. The second-order valence-corrected chi connectivity index (χ2v) is 7.76. The molecule has 0 saturated heterocycles. The van der Waals surface area contributed by atoms with Gasteiger partial charge in [0.2, 0.25) is 5.91 Å². The summed E-state index contributed by atoms with van der Waals surface area (Å²) in [4.78, 5) is 36.3. The van der Waals surface area contributed by atoms with Crippen LogP contribution in [0.5, 0.6) is 0 Å². The van der Waals surface area contributed by atoms with E-state index in [1.165, 1.54) is 23.4 Å². The molecule has 2 N–H and O–H groups in total. The van der Waals surface area contributed by atoms with Crippen LogP contribution in [0.2, 0.25) is 0 Å². The molecular weight excluding hydrogens is 336 g/mol. The van der Waals surface area contributed by atoms with Gasteiger partial charge in [0.25, 0.3) is 0 Å². The lowest BCUT2D eigenvalue weighted by Crippen LogP contribution is -2.27. The third kappa shape index (κ3) is 4.15. The molecule has 0 aliphatic heterocycles. The van der Waals surface area contributed by atoms with Crippen molar-refractivity contribution in [3.63, 3.8) is 0 Å². The molecule has 0 aromatic carbocycles. The van der Waals surface area contributed by atoms with Gasteiger partial charge in [0.05, 0.1) is 11.7 Å². The van der Waals surface area contributed by atoms with E-state index in [0.717, 1.165) is 29.1 Å². The Balaban J connectivity index is 1.59. The summed E-state index contributed by atoms with van der Waals surface area (Å²) in [5, 5.41) is 4.04. The van der Waals surface area contributed by atoms with E-state index in [-0.39, 0.29) is 17.6 Å². The van der Waals surface area contributed by atoms with Crippen molar-refractivity contribution in [3.8, 4) is 0 Å². The lowest BCUT2D eigenvalue weighted by atomic mass is 10.0. The maximum Gasteiger partial charge on any atom is 0.345 e. The summed E-state index contributed by atoms with van der Waals surface area (Å²) in [6, 6.07) is -0.0704. The van der Waals surface area contributed by atoms with Crippen LogP contribution < -0.4 is 11.0 Å². The van der Waals surface area contributed by atoms with Gasteiger partial charge in [-0.2, -0.15) is 4.98 Å². The number of H-pyrrole nitrogens is 1. The van der Waals surface area contributed by atoms with E-state index in [1.54, 1.807) is 18.3 Å². The van der Waals surface area contributed by atoms with Crippen LogP contribution in [0, 0.1) is 13.8 Å². The second-order valence-electron chi connectivity index (χ2n) is 6.65. The van der Waals surface area contributed by atoms with E-state index in [1.807, 2.05) is 13.8 Å². The van der Waals surface area contributed by atoms with Crippen molar-refractivity contribution in [2.45, 2.75) is 65.3 Å². The van der Waals surface area contributed by atoms with Gasteiger partial charge in [-0.05, 0) is 58.4 Å². The van der Waals surface area contributed by atoms with E-state index in [0.29, 0.717) is 18.5 Å². The van der Waals surface area contributed by atoms with Crippen LogP contribution in [0.4, 0.5) is 0 Å². The highest BCUT2D eigenvalue weighted by Crippen LogP contribution is 2.29. The molecule has 6 nitrogen and oxygen atoms in total. The van der Waals surface area contributed by atoms with Gasteiger partial charge in [-0.1, -0.05) is 0 Å². The number of carbonyl (C=O) groups excluding carboxylic acids is 1. The van der Waals surface area contributed by atoms with E-state index in [9.17, 15) is 9.59 Å². The predicted octanol–water partition coefficient (Wildman–Crippen LogP) is 2.53. The predicted molar refractivity (Wildman–Crippen MR) is 98.0 cm³/mol. The second kappa shape index (κ2) is 7.47. The number of nitrogens with zero attached hydrogens (tertiary/aromatic N) is 2. The molecule has 0 radical (unpaired) electrons. The number of aryl methyl sites for hydroxylation is 4. The molecule has 1 atom stereocenters. The van der Waals surface area contributed by atoms with Crippen LogP contribution >= 0.6 is 11.3 Å². The molecule has 3 rings (SSSR count). The van der Waals surface area contributed by atoms with E-state index in [2.05, 4.69) is 15.3 Å². The van der Waals surface area contributed by atoms with E-state index >= 15 is 0 Å². The molecule has 2 aromatic rings. The first-order chi connectivity index (χ1) is 11.9. The zero-order valence-corrected chi connectivity index (χ0v) is 15.8. The number of hydrogen-bond donors (Lipinski definition) is 2. The van der Waals surface area contributed by atoms with Crippen LogP contribution in [0.25, 0.3) is 0 Å². The Morgan fingerprint density at radius 2 is 2.04 bits per heavy atom. The van der Waals surface area contributed by atoms with Gasteiger partial charge in [-0.3, -0.25) is 4.79 Å². The van der Waals surface area contributed by atoms with Gasteiger partial charge in [0.1, 0.15) is 5.01 Å². The topological polar surface area (TPSA) is 87.7 Å². The smallest absolute Gasteiger partial charge is 0.345 e. The van der Waals surface area contributed by atoms with Gasteiger partial charge >= 0.3 is 5.69 Å². The van der Waals surface area contributed by atoms with Crippen LogP contribution in [-0.2, 0) is 24.1 Å². The Bertz CT molecular complexity index is 790. The fourth-order valence-electron chi connectivity index (χ4n) is 3.29. The van der Waals surface area contributed by atoms with Crippen LogP contribution in [-0.4, -0.2) is 20.9 Å². The lowest BCUT2D eigenvalue weighted by Gasteiger charge is -2.12. The Hall–Kier alpha value is -2.02. The summed E-state index contributed by atoms with van der Waals surface area (Å²) in [6.07, 6.45) is 5.55. The minimum Gasteiger partial charge on any atom is -0.347 e. The fourth-order valence-corrected chi connectivity index (χ4v) is 4.45. The first-order valence-electron chi connectivity index (χ1n) is 8.78. The molecule has 1 aliphatic rings. The number of fused-ring (bicyclic) bond motifs is 1. The highest BCUT2D eigenvalue weighted by atomic mass is 32.1. The normalized spacial score (nSPS) is 14.8. The highest BCUT2D eigenvalue weighted by molar-refractivity contribution is 7.11. The molecule has 1 amide bonds. The van der Waals surface area contributed by atoms with Crippen LogP contribution in [0.3, 0.4) is 0 Å². The summed E-state index contributed by atoms with van der Waals surface area (Å²) in [5.41, 5.74) is 3.29. The van der Waals surface area contributed by atoms with Gasteiger partial charge in [-0.25, -0.2) is 9.78 Å². The maximum atomic E-state index is 12.3. The van der Waals surface area contributed by atoms with Crippen molar-refractivity contribution in [1.82, 2.24) is 20.3 Å². The average Bonchev–Trinajstić information content (AvgIpc) is 2.98. The first kappa shape index (κ1) is 17.8. The number of rotatable bonds is 5. The highest BCUT2D eigenvalue weighted by Gasteiger charge is 2.19. The molecular formula is C18H24N4O2S. The standard InChI is InChI=1S/C18H24N4O2S/c1-10-13(11(2)21-18(24)20-10)8-9-16(23)19-12(3)17-22-14-6-4-5-7-15(14)25-17/h12H,4-9H2,1-3H3,(H,19,23)(H,20,21,24)/t12-/m0/s1. The Morgan fingerprint density at radius 1 is 1.28 bits per heavy atom. The summed E-state index contributed by atoms with van der Waals surface area (Å²) in [7, 11) is 0. The summed E-state index contributed by atoms with van der Waals surface area (Å²) < 4.78 is 0. The molecule has 1 aliphatic carbocycles. The average molecular weight is 360 g/mol. The SMILES string of the molecule is Cc1nc(=O)[nH]c(C)c1CCC(=O)N[C@@H](C)c1nc2c(s1)CCCC2. The zero-order valence-electron chi connectivity index (χ0n) is 14.9. The maximum absolute atomic E-state index is 12.3. The van der Waals surface area contributed by atoms with Gasteiger partial charge in [0, 0.05) is 22.7 Å². The molecule has 0 fully saturated rings. The third-order valence-electron chi connectivity index (χ3n) is 4.67. The monoisotopic (exact) mass is 360 g/mol. The number of aromatic nitrogens is 3. The van der Waals surface area contributed by atoms with Crippen molar-refractivity contribution < 1.29 is 4.79 Å². The summed E-state index contributed by atoms with van der Waals surface area (Å²) in [6.45, 7) is 5.63. The molecule has 0 spiro atoms. The van der Waals surface area contributed by atoms with Crippen molar-refractivity contribution in [3.05, 3.63) is 43.0 Å². The third-order valence-corrected chi connectivity index (χ3v) is 6.01. The summed E-state index contributed by atoms with van der Waals surface area (Å²) >= 11 is 1.73. The Morgan fingerprint density at radius 3 is 2.76 bits per heavy atom. The number of nitrogens with one attached hydrogen (secondary N) is 2. The quantitative estimate of drug-likeness (QED) is 0.858. The van der Waals surface area contributed by atoms with E-state index < -0.39 is 0 Å². The molecule has 25 heavy (non-hydrogen) atoms. The van der Waals surface area contributed by atoms with Crippen molar-refractivity contribution in [1.29, 1.82) is 0 Å².